The molecule has 0 fully saturated rings. The maximum atomic E-state index is 15.3. The molecule has 4 aromatic carbocycles. The molecule has 0 aliphatic carbocycles. The quantitative estimate of drug-likeness (QED) is 0.213. The van der Waals surface area contributed by atoms with Gasteiger partial charge in [0.15, 0.2) is 0 Å². The Morgan fingerprint density at radius 2 is 0.795 bits per heavy atom. The molecule has 0 aliphatic heterocycles. The van der Waals surface area contributed by atoms with Gasteiger partial charge in [-0.3, -0.25) is 0 Å². The first-order valence-corrected chi connectivity index (χ1v) is 13.4. The fraction of sp³-hybridized carbons (Fsp3) is 0.0400. The highest BCUT2D eigenvalue weighted by Crippen LogP contribution is 2.73. The number of aryl methyl sites for hydroxylation is 1. The number of hydrogen-bond donors (Lipinski definition) is 0. The van der Waals surface area contributed by atoms with Crippen LogP contribution in [0.2, 0.25) is 0 Å². The first-order chi connectivity index (χ1) is 18.2. The van der Waals surface area contributed by atoms with E-state index in [2.05, 4.69) is 0 Å². The van der Waals surface area contributed by atoms with Crippen molar-refractivity contribution in [2.75, 3.05) is 0 Å². The molecule has 0 atom stereocenters. The predicted molar refractivity (Wildman–Crippen MR) is 121 cm³/mol. The summed E-state index contributed by atoms with van der Waals surface area (Å²) in [6, 6.07) is 3.85. The molecule has 4 rings (SSSR count). The van der Waals surface area contributed by atoms with Gasteiger partial charge in [-0.25, -0.2) is 43.1 Å². The van der Waals surface area contributed by atoms with Crippen LogP contribution in [0.3, 0.4) is 0 Å². The Hall–Kier alpha value is -3.49. The monoisotopic (exact) mass is 596 g/mol. The molecule has 0 amide bonds. The third-order valence-electron chi connectivity index (χ3n) is 5.25. The maximum Gasteiger partial charge on any atom is 0.307 e. The molecule has 3 nitrogen and oxygen atoms in total. The van der Waals surface area contributed by atoms with Crippen LogP contribution < -0.4 is 0 Å². The Labute approximate surface area is 217 Å². The lowest BCUT2D eigenvalue weighted by atomic mass is 10.2. The second-order valence-corrected chi connectivity index (χ2v) is 12.2. The number of benzene rings is 4. The van der Waals surface area contributed by atoms with Crippen molar-refractivity contribution in [1.82, 2.24) is 0 Å². The summed E-state index contributed by atoms with van der Waals surface area (Å²) in [6.07, 6.45) is 0. The van der Waals surface area contributed by atoms with Gasteiger partial charge in [-0.2, -0.15) is 8.42 Å². The van der Waals surface area contributed by atoms with Gasteiger partial charge in [0, 0.05) is 36.4 Å². The Morgan fingerprint density at radius 3 is 1.08 bits per heavy atom. The van der Waals surface area contributed by atoms with E-state index < -0.39 is 92.4 Å². The largest absolute Gasteiger partial charge is 0.307 e. The highest BCUT2D eigenvalue weighted by molar-refractivity contribution is 8.33. The molecule has 0 spiro atoms. The third kappa shape index (κ3) is 5.11. The average Bonchev–Trinajstić information content (AvgIpc) is 2.76. The van der Waals surface area contributed by atoms with Crippen molar-refractivity contribution in [3.63, 3.8) is 0 Å². The summed E-state index contributed by atoms with van der Waals surface area (Å²) in [5.41, 5.74) is 0.509. The van der Waals surface area contributed by atoms with Crippen LogP contribution in [0.1, 0.15) is 5.56 Å². The zero-order valence-electron chi connectivity index (χ0n) is 19.2. The van der Waals surface area contributed by atoms with Crippen molar-refractivity contribution in [3.05, 3.63) is 119 Å². The SMILES string of the molecule is Cc1ccc(S(=O)(=O)OS(c2c(F)cc(F)cc2F)(c2c(F)cc(F)cc2F)c2c(F)cc(F)cc2F)cc1. The van der Waals surface area contributed by atoms with Gasteiger partial charge in [0.2, 0.25) is 0 Å². The molecule has 0 heterocycles. The summed E-state index contributed by atoms with van der Waals surface area (Å²) in [5, 5.41) is 0. The Kier molecular flexibility index (Phi) is 7.49. The second-order valence-electron chi connectivity index (χ2n) is 7.99. The molecular formula is C25H13F9O3S2. The second kappa shape index (κ2) is 10.2. The van der Waals surface area contributed by atoms with Crippen LogP contribution in [0.15, 0.2) is 80.2 Å². The number of halogens is 9. The molecule has 0 unspecified atom stereocenters. The third-order valence-corrected chi connectivity index (χ3v) is 10.5. The zero-order valence-corrected chi connectivity index (χ0v) is 20.8. The van der Waals surface area contributed by atoms with Crippen molar-refractivity contribution in [1.29, 1.82) is 0 Å². The minimum absolute atomic E-state index is 0.0688. The van der Waals surface area contributed by atoms with E-state index in [1.165, 1.54) is 12.1 Å². The minimum atomic E-state index is -5.52. The first-order valence-electron chi connectivity index (χ1n) is 10.5. The van der Waals surface area contributed by atoms with E-state index in [0.717, 1.165) is 12.1 Å². The topological polar surface area (TPSA) is 43.4 Å². The molecule has 0 aliphatic rings. The van der Waals surface area contributed by atoms with Crippen LogP contribution in [-0.4, -0.2) is 8.42 Å². The van der Waals surface area contributed by atoms with Gasteiger partial charge in [0.1, 0.15) is 52.4 Å². The molecule has 0 saturated heterocycles. The molecule has 0 radical (unpaired) electrons. The van der Waals surface area contributed by atoms with Gasteiger partial charge in [-0.1, -0.05) is 17.7 Å². The molecule has 0 bridgehead atoms. The summed E-state index contributed by atoms with van der Waals surface area (Å²) in [5.74, 6) is -17.3. The summed E-state index contributed by atoms with van der Waals surface area (Å²) in [6.45, 7) is 1.54. The van der Waals surface area contributed by atoms with Gasteiger partial charge in [-0.05, 0) is 29.4 Å². The number of rotatable bonds is 6. The van der Waals surface area contributed by atoms with Crippen molar-refractivity contribution >= 4 is 20.4 Å². The molecule has 0 aromatic heterocycles. The lowest BCUT2D eigenvalue weighted by Crippen LogP contribution is -2.21. The van der Waals surface area contributed by atoms with Crippen molar-refractivity contribution in [2.45, 2.75) is 26.5 Å². The smallest absolute Gasteiger partial charge is 0.207 e. The maximum absolute atomic E-state index is 15.3. The summed E-state index contributed by atoms with van der Waals surface area (Å²) in [4.78, 5) is -6.27. The van der Waals surface area contributed by atoms with E-state index in [0.29, 0.717) is 5.56 Å². The van der Waals surface area contributed by atoms with Crippen molar-refractivity contribution < 1.29 is 51.6 Å². The summed E-state index contributed by atoms with van der Waals surface area (Å²) in [7, 11) is -11.0. The molecular weight excluding hydrogens is 583 g/mol. The van der Waals surface area contributed by atoms with Crippen LogP contribution in [-0.2, 0) is 13.7 Å². The Bertz CT molecular complexity index is 1500. The minimum Gasteiger partial charge on any atom is -0.207 e. The lowest BCUT2D eigenvalue weighted by Gasteiger charge is -2.39. The molecule has 0 saturated carbocycles. The van der Waals surface area contributed by atoms with Crippen LogP contribution in [0.25, 0.3) is 0 Å². The van der Waals surface area contributed by atoms with Crippen molar-refractivity contribution in [3.8, 4) is 0 Å². The number of hydrogen-bond acceptors (Lipinski definition) is 3. The van der Waals surface area contributed by atoms with E-state index in [1.54, 1.807) is 6.92 Å². The van der Waals surface area contributed by atoms with Gasteiger partial charge in [0.25, 0.3) is 0 Å². The van der Waals surface area contributed by atoms with Gasteiger partial charge < -0.3 is 0 Å². The van der Waals surface area contributed by atoms with Crippen molar-refractivity contribution in [2.24, 2.45) is 0 Å². The molecule has 14 heteroatoms. The molecule has 206 valence electrons. The van der Waals surface area contributed by atoms with E-state index in [-0.39, 0.29) is 36.4 Å². The van der Waals surface area contributed by atoms with Gasteiger partial charge in [0.05, 0.1) is 19.6 Å². The Balaban J connectivity index is 2.28. The first kappa shape index (κ1) is 28.5. The highest BCUT2D eigenvalue weighted by Gasteiger charge is 2.49. The summed E-state index contributed by atoms with van der Waals surface area (Å²) >= 11 is 0. The zero-order chi connectivity index (χ0) is 28.9. The molecule has 0 N–H and O–H groups in total. The van der Waals surface area contributed by atoms with Crippen LogP contribution in [0, 0.1) is 59.3 Å². The van der Waals surface area contributed by atoms with E-state index in [9.17, 15) is 21.6 Å². The summed E-state index contributed by atoms with van der Waals surface area (Å²) < 4.78 is 165. The van der Waals surface area contributed by atoms with E-state index in [4.69, 9.17) is 3.63 Å². The average molecular weight is 596 g/mol. The lowest BCUT2D eigenvalue weighted by molar-refractivity contribution is 0.461. The van der Waals surface area contributed by atoms with Crippen LogP contribution in [0.4, 0.5) is 39.5 Å². The Morgan fingerprint density at radius 1 is 0.513 bits per heavy atom. The van der Waals surface area contributed by atoms with E-state index in [1.807, 2.05) is 0 Å². The predicted octanol–water partition coefficient (Wildman–Crippen LogP) is 7.85. The highest BCUT2D eigenvalue weighted by atomic mass is 32.3. The fourth-order valence-corrected chi connectivity index (χ4v) is 8.99. The normalized spacial score (nSPS) is 12.6. The van der Waals surface area contributed by atoms with Crippen LogP contribution in [0.5, 0.6) is 0 Å². The van der Waals surface area contributed by atoms with Crippen LogP contribution >= 0.6 is 10.3 Å². The molecule has 39 heavy (non-hydrogen) atoms. The van der Waals surface area contributed by atoms with Gasteiger partial charge >= 0.3 is 10.1 Å². The standard InChI is InChI=1S/C25H13F9O3S2/c1-12-2-4-16(5-3-12)39(35,36)37-38(23-17(29)6-13(26)7-18(23)30,24-19(31)8-14(27)9-20(24)32)25-21(33)10-15(28)11-22(25)34/h2-11H,1H3. The molecule has 4 aromatic rings. The fourth-order valence-electron chi connectivity index (χ4n) is 3.70. The van der Waals surface area contributed by atoms with Gasteiger partial charge in [-0.15, -0.1) is 0 Å². The van der Waals surface area contributed by atoms with E-state index >= 15 is 26.3 Å².